The third kappa shape index (κ3) is 10.4. The highest BCUT2D eigenvalue weighted by atomic mass is 31.2. The first-order valence-corrected chi connectivity index (χ1v) is 6.65. The predicted molar refractivity (Wildman–Crippen MR) is 60.8 cm³/mol. The average Bonchev–Trinajstić information content (AvgIpc) is 2.27. The Hall–Kier alpha value is -1.48. The lowest BCUT2D eigenvalue weighted by molar-refractivity contribution is -0.153. The maximum absolute atomic E-state index is 11.9. The molecule has 0 rings (SSSR count). The molecule has 0 aromatic carbocycles. The molecule has 20 heavy (non-hydrogen) atoms. The second-order valence-corrected chi connectivity index (χ2v) is 4.76. The van der Waals surface area contributed by atoms with E-state index in [9.17, 15) is 18.9 Å². The largest absolute Gasteiger partial charge is 0.483 e. The van der Waals surface area contributed by atoms with Gasteiger partial charge in [0.15, 0.2) is 0 Å². The van der Waals surface area contributed by atoms with Crippen LogP contribution in [0.5, 0.6) is 0 Å². The molecular formula is C9H15O10P. The summed E-state index contributed by atoms with van der Waals surface area (Å²) >= 11 is 0. The first-order valence-electron chi connectivity index (χ1n) is 5.19. The van der Waals surface area contributed by atoms with Gasteiger partial charge >= 0.3 is 25.7 Å². The van der Waals surface area contributed by atoms with Gasteiger partial charge in [-0.15, -0.1) is 0 Å². The number of hydrogen-bond donors (Lipinski definition) is 0. The van der Waals surface area contributed by atoms with Gasteiger partial charge in [-0.25, -0.2) is 18.1 Å². The van der Waals surface area contributed by atoms with Crippen molar-refractivity contribution in [2.45, 2.75) is 20.8 Å². The molecule has 0 aliphatic rings. The van der Waals surface area contributed by atoms with E-state index < -0.39 is 46.1 Å². The Labute approximate surface area is 114 Å². The van der Waals surface area contributed by atoms with E-state index >= 15 is 0 Å². The Morgan fingerprint density at radius 3 is 1.15 bits per heavy atom. The first-order chi connectivity index (χ1) is 9.25. The van der Waals surface area contributed by atoms with Crippen LogP contribution in [0.4, 0.5) is 0 Å². The van der Waals surface area contributed by atoms with Crippen LogP contribution in [0.25, 0.3) is 0 Å². The fraction of sp³-hybridized carbons (Fsp3) is 0.667. The van der Waals surface area contributed by atoms with E-state index in [1.54, 1.807) is 0 Å². The maximum Gasteiger partial charge on any atom is 0.483 e. The number of hydrogen-bond acceptors (Lipinski definition) is 10. The third-order valence-corrected chi connectivity index (χ3v) is 2.68. The van der Waals surface area contributed by atoms with Crippen LogP contribution in [0, 0.1) is 0 Å². The van der Waals surface area contributed by atoms with Crippen LogP contribution in [-0.4, -0.2) is 38.3 Å². The zero-order valence-corrected chi connectivity index (χ0v) is 12.0. The summed E-state index contributed by atoms with van der Waals surface area (Å²) in [6.45, 7) is 1.17. The van der Waals surface area contributed by atoms with E-state index in [0.29, 0.717) is 0 Å². The van der Waals surface area contributed by atoms with E-state index in [1.165, 1.54) is 0 Å². The number of carbonyl (C=O) groups is 3. The summed E-state index contributed by atoms with van der Waals surface area (Å²) in [4.78, 5) is 31.6. The van der Waals surface area contributed by atoms with Crippen LogP contribution >= 0.6 is 7.82 Å². The van der Waals surface area contributed by atoms with E-state index in [0.717, 1.165) is 20.8 Å². The summed E-state index contributed by atoms with van der Waals surface area (Å²) in [7, 11) is -4.22. The molecule has 0 aromatic rings. The van der Waals surface area contributed by atoms with E-state index in [-0.39, 0.29) is 0 Å². The van der Waals surface area contributed by atoms with Gasteiger partial charge in [-0.2, -0.15) is 0 Å². The van der Waals surface area contributed by atoms with Crippen molar-refractivity contribution < 1.29 is 46.7 Å². The molecule has 0 heterocycles. The molecule has 116 valence electrons. The molecule has 0 aromatic heterocycles. The van der Waals surface area contributed by atoms with E-state index in [1.807, 2.05) is 0 Å². The van der Waals surface area contributed by atoms with Gasteiger partial charge in [0.2, 0.25) is 20.4 Å². The fourth-order valence-corrected chi connectivity index (χ4v) is 1.40. The fourth-order valence-electron chi connectivity index (χ4n) is 0.633. The van der Waals surface area contributed by atoms with Gasteiger partial charge < -0.3 is 14.2 Å². The second-order valence-electron chi connectivity index (χ2n) is 3.10. The minimum atomic E-state index is -4.22. The SMILES string of the molecule is CC(=O)OCOP(=O)(OCOC(C)=O)OCOC(C)=O. The lowest BCUT2D eigenvalue weighted by Gasteiger charge is -2.16. The minimum absolute atomic E-state index is 0.684. The summed E-state index contributed by atoms with van der Waals surface area (Å²) in [5.74, 6) is -2.05. The van der Waals surface area contributed by atoms with Crippen molar-refractivity contribution in [1.29, 1.82) is 0 Å². The summed E-state index contributed by atoms with van der Waals surface area (Å²) in [5.41, 5.74) is 0. The molecule has 0 atom stereocenters. The predicted octanol–water partition coefficient (Wildman–Crippen LogP) is 0.706. The molecule has 0 bridgehead atoms. The molecule has 0 saturated carbocycles. The molecule has 0 spiro atoms. The molecule has 0 unspecified atom stereocenters. The molecule has 0 aliphatic carbocycles. The van der Waals surface area contributed by atoms with Crippen LogP contribution in [0.3, 0.4) is 0 Å². The molecule has 11 heteroatoms. The summed E-state index contributed by atoms with van der Waals surface area (Å²) in [6, 6.07) is 0. The number of esters is 3. The maximum atomic E-state index is 11.9. The highest BCUT2D eigenvalue weighted by molar-refractivity contribution is 7.48. The van der Waals surface area contributed by atoms with Crippen molar-refractivity contribution >= 4 is 25.7 Å². The van der Waals surface area contributed by atoms with E-state index in [4.69, 9.17) is 0 Å². The van der Waals surface area contributed by atoms with Crippen molar-refractivity contribution in [3.63, 3.8) is 0 Å². The lowest BCUT2D eigenvalue weighted by Crippen LogP contribution is -2.11. The molecular weight excluding hydrogens is 299 g/mol. The molecule has 0 saturated heterocycles. The normalized spacial score (nSPS) is 10.8. The second kappa shape index (κ2) is 9.43. The smallest absolute Gasteiger partial charge is 0.438 e. The molecule has 0 N–H and O–H groups in total. The molecule has 0 aliphatic heterocycles. The van der Waals surface area contributed by atoms with E-state index in [2.05, 4.69) is 27.8 Å². The van der Waals surface area contributed by atoms with Crippen molar-refractivity contribution in [1.82, 2.24) is 0 Å². The minimum Gasteiger partial charge on any atom is -0.438 e. The highest BCUT2D eigenvalue weighted by Crippen LogP contribution is 2.49. The van der Waals surface area contributed by atoms with Crippen LogP contribution < -0.4 is 0 Å². The summed E-state index contributed by atoms with van der Waals surface area (Å²) < 4.78 is 38.8. The Bertz CT molecular complexity index is 335. The summed E-state index contributed by atoms with van der Waals surface area (Å²) in [6.07, 6.45) is 0. The zero-order valence-electron chi connectivity index (χ0n) is 11.2. The number of phosphoric acid groups is 1. The van der Waals surface area contributed by atoms with Gasteiger partial charge in [-0.3, -0.25) is 14.4 Å². The molecule has 0 radical (unpaired) electrons. The molecule has 0 amide bonds. The van der Waals surface area contributed by atoms with Crippen LogP contribution in [-0.2, 0) is 46.7 Å². The van der Waals surface area contributed by atoms with Gasteiger partial charge in [0.05, 0.1) is 0 Å². The summed E-state index contributed by atoms with van der Waals surface area (Å²) in [5, 5.41) is 0. The highest BCUT2D eigenvalue weighted by Gasteiger charge is 2.28. The monoisotopic (exact) mass is 314 g/mol. The Balaban J connectivity index is 4.33. The standard InChI is InChI=1S/C9H15O10P/c1-7(10)14-4-17-20(13,18-5-15-8(2)11)19-6-16-9(3)12/h4-6H2,1-3H3. The zero-order chi connectivity index (χ0) is 15.6. The van der Waals surface area contributed by atoms with Crippen LogP contribution in [0.15, 0.2) is 0 Å². The number of carbonyl (C=O) groups excluding carboxylic acids is 3. The average molecular weight is 314 g/mol. The lowest BCUT2D eigenvalue weighted by atomic mass is 10.8. The molecule has 10 nitrogen and oxygen atoms in total. The van der Waals surface area contributed by atoms with Crippen LogP contribution in [0.1, 0.15) is 20.8 Å². The van der Waals surface area contributed by atoms with Gasteiger partial charge in [-0.05, 0) is 0 Å². The topological polar surface area (TPSA) is 124 Å². The number of phosphoric ester groups is 1. The number of rotatable bonds is 9. The Morgan fingerprint density at radius 1 is 0.700 bits per heavy atom. The van der Waals surface area contributed by atoms with Crippen molar-refractivity contribution in [2.24, 2.45) is 0 Å². The van der Waals surface area contributed by atoms with Crippen molar-refractivity contribution in [3.05, 3.63) is 0 Å². The first kappa shape index (κ1) is 18.5. The molecule has 0 fully saturated rings. The van der Waals surface area contributed by atoms with Gasteiger partial charge in [0, 0.05) is 20.8 Å². The van der Waals surface area contributed by atoms with Gasteiger partial charge in [-0.1, -0.05) is 0 Å². The quantitative estimate of drug-likeness (QED) is 0.260. The van der Waals surface area contributed by atoms with Crippen molar-refractivity contribution in [3.8, 4) is 0 Å². The Morgan fingerprint density at radius 2 is 0.950 bits per heavy atom. The third-order valence-electron chi connectivity index (χ3n) is 1.42. The number of ether oxygens (including phenoxy) is 3. The van der Waals surface area contributed by atoms with Crippen LogP contribution in [0.2, 0.25) is 0 Å². The van der Waals surface area contributed by atoms with Gasteiger partial charge in [0.25, 0.3) is 0 Å². The van der Waals surface area contributed by atoms with Gasteiger partial charge in [0.1, 0.15) is 0 Å². The van der Waals surface area contributed by atoms with Crippen molar-refractivity contribution in [2.75, 3.05) is 20.4 Å². The Kier molecular flexibility index (Phi) is 8.73.